The van der Waals surface area contributed by atoms with E-state index in [2.05, 4.69) is 10.2 Å². The number of fused-ring (bicyclic) bond motifs is 1. The third-order valence-electron chi connectivity index (χ3n) is 2.90. The highest BCUT2D eigenvalue weighted by molar-refractivity contribution is 6.34. The van der Waals surface area contributed by atoms with E-state index in [0.29, 0.717) is 16.8 Å². The number of aliphatic hydroxyl groups is 1. The van der Waals surface area contributed by atoms with E-state index in [-0.39, 0.29) is 6.61 Å². The second-order valence-corrected chi connectivity index (χ2v) is 4.61. The highest BCUT2D eigenvalue weighted by atomic mass is 35.5. The first kappa shape index (κ1) is 12.8. The molecule has 0 fully saturated rings. The fourth-order valence-corrected chi connectivity index (χ4v) is 2.14. The summed E-state index contributed by atoms with van der Waals surface area (Å²) in [5.41, 5.74) is 0.772. The van der Waals surface area contributed by atoms with Gasteiger partial charge in [-0.2, -0.15) is 0 Å². The molecule has 0 saturated carbocycles. The van der Waals surface area contributed by atoms with E-state index in [0.717, 1.165) is 16.3 Å². The minimum absolute atomic E-state index is 0.0375. The van der Waals surface area contributed by atoms with Crippen LogP contribution in [0.3, 0.4) is 0 Å². The third-order valence-corrected chi connectivity index (χ3v) is 3.18. The average molecular weight is 287 g/mol. The molecule has 1 N–H and O–H groups in total. The summed E-state index contributed by atoms with van der Waals surface area (Å²) >= 11 is 6.02. The largest absolute Gasteiger partial charge is 0.437 e. The molecule has 0 atom stereocenters. The molecule has 4 nitrogen and oxygen atoms in total. The van der Waals surface area contributed by atoms with Crippen molar-refractivity contribution < 1.29 is 9.84 Å². The fourth-order valence-electron chi connectivity index (χ4n) is 1.94. The fraction of sp³-hybridized carbons (Fsp3) is 0.0667. The van der Waals surface area contributed by atoms with E-state index in [1.54, 1.807) is 12.1 Å². The Morgan fingerprint density at radius 3 is 2.60 bits per heavy atom. The molecule has 0 bridgehead atoms. The molecule has 0 aliphatic carbocycles. The Hall–Kier alpha value is -2.17. The lowest BCUT2D eigenvalue weighted by Gasteiger charge is -2.08. The quantitative estimate of drug-likeness (QED) is 0.800. The average Bonchev–Trinajstić information content (AvgIpc) is 2.51. The van der Waals surface area contributed by atoms with Crippen molar-refractivity contribution in [3.05, 3.63) is 59.2 Å². The summed E-state index contributed by atoms with van der Waals surface area (Å²) in [7, 11) is 0. The van der Waals surface area contributed by atoms with Gasteiger partial charge in [0.15, 0.2) is 5.15 Å². The van der Waals surface area contributed by atoms with Gasteiger partial charge in [0.1, 0.15) is 5.75 Å². The molecule has 3 rings (SSSR count). The van der Waals surface area contributed by atoms with Crippen LogP contribution >= 0.6 is 11.6 Å². The molecular formula is C15H11ClN2O2. The first-order valence-electron chi connectivity index (χ1n) is 6.06. The van der Waals surface area contributed by atoms with E-state index in [1.807, 2.05) is 36.4 Å². The van der Waals surface area contributed by atoms with Crippen LogP contribution in [0.2, 0.25) is 5.15 Å². The number of ether oxygens (including phenoxy) is 1. The van der Waals surface area contributed by atoms with Gasteiger partial charge in [0.2, 0.25) is 5.88 Å². The number of halogens is 1. The topological polar surface area (TPSA) is 55.2 Å². The maximum Gasteiger partial charge on any atom is 0.246 e. The Labute approximate surface area is 120 Å². The number of hydrogen-bond acceptors (Lipinski definition) is 4. The molecule has 0 saturated heterocycles. The summed E-state index contributed by atoms with van der Waals surface area (Å²) in [5.74, 6) is 0.985. The summed E-state index contributed by atoms with van der Waals surface area (Å²) in [5, 5.41) is 18.9. The maximum absolute atomic E-state index is 9.14. The van der Waals surface area contributed by atoms with Crippen molar-refractivity contribution in [2.75, 3.05) is 0 Å². The van der Waals surface area contributed by atoms with Crippen molar-refractivity contribution in [1.82, 2.24) is 10.2 Å². The van der Waals surface area contributed by atoms with Crippen LogP contribution in [0, 0.1) is 0 Å². The van der Waals surface area contributed by atoms with Crippen LogP contribution in [0.5, 0.6) is 11.6 Å². The van der Waals surface area contributed by atoms with Crippen molar-refractivity contribution in [3.63, 3.8) is 0 Å². The summed E-state index contributed by atoms with van der Waals surface area (Å²) in [4.78, 5) is 0. The zero-order valence-electron chi connectivity index (χ0n) is 10.5. The highest BCUT2D eigenvalue weighted by Crippen LogP contribution is 2.30. The molecule has 0 unspecified atom stereocenters. The normalized spacial score (nSPS) is 10.7. The molecule has 1 aromatic heterocycles. The number of rotatable bonds is 3. The van der Waals surface area contributed by atoms with Gasteiger partial charge in [0.25, 0.3) is 0 Å². The van der Waals surface area contributed by atoms with E-state index in [9.17, 15) is 0 Å². The van der Waals surface area contributed by atoms with E-state index < -0.39 is 0 Å². The van der Waals surface area contributed by atoms with Gasteiger partial charge < -0.3 is 9.84 Å². The second kappa shape index (κ2) is 5.45. The molecule has 0 aliphatic heterocycles. The first-order chi connectivity index (χ1) is 9.78. The van der Waals surface area contributed by atoms with Crippen LogP contribution in [0.25, 0.3) is 10.8 Å². The molecule has 1 heterocycles. The van der Waals surface area contributed by atoms with Crippen LogP contribution in [0.1, 0.15) is 5.56 Å². The van der Waals surface area contributed by atoms with Crippen LogP contribution in [-0.2, 0) is 6.61 Å². The smallest absolute Gasteiger partial charge is 0.246 e. The van der Waals surface area contributed by atoms with Crippen LogP contribution < -0.4 is 4.74 Å². The molecule has 5 heteroatoms. The first-order valence-corrected chi connectivity index (χ1v) is 6.44. The van der Waals surface area contributed by atoms with Gasteiger partial charge in [0.05, 0.1) is 6.61 Å². The Morgan fingerprint density at radius 2 is 1.80 bits per heavy atom. The standard InChI is InChI=1S/C15H11ClN2O2/c16-14-12-6-1-2-7-13(12)15(18-17-14)20-11-5-3-4-10(8-11)9-19/h1-8,19H,9H2. The Bertz CT molecular complexity index is 762. The Morgan fingerprint density at radius 1 is 1.00 bits per heavy atom. The molecule has 0 spiro atoms. The summed E-state index contributed by atoms with van der Waals surface area (Å²) in [6, 6.07) is 14.7. The van der Waals surface area contributed by atoms with Crippen LogP contribution in [-0.4, -0.2) is 15.3 Å². The number of benzene rings is 2. The summed E-state index contributed by atoms with van der Waals surface area (Å²) in [6.45, 7) is -0.0375. The minimum Gasteiger partial charge on any atom is -0.437 e. The van der Waals surface area contributed by atoms with Gasteiger partial charge >= 0.3 is 0 Å². The molecule has 2 aromatic carbocycles. The van der Waals surface area contributed by atoms with Crippen molar-refractivity contribution in [3.8, 4) is 11.6 Å². The molecule has 3 aromatic rings. The highest BCUT2D eigenvalue weighted by Gasteiger charge is 2.09. The molecular weight excluding hydrogens is 276 g/mol. The SMILES string of the molecule is OCc1cccc(Oc2nnc(Cl)c3ccccc23)c1. The molecule has 0 amide bonds. The predicted molar refractivity (Wildman–Crippen MR) is 77.0 cm³/mol. The zero-order valence-corrected chi connectivity index (χ0v) is 11.2. The molecule has 100 valence electrons. The summed E-state index contributed by atoms with van der Waals surface area (Å²) in [6.07, 6.45) is 0. The third kappa shape index (κ3) is 2.43. The van der Waals surface area contributed by atoms with Gasteiger partial charge in [-0.1, -0.05) is 41.9 Å². The lowest BCUT2D eigenvalue weighted by molar-refractivity contribution is 0.281. The molecule has 0 aliphatic rings. The van der Waals surface area contributed by atoms with Crippen LogP contribution in [0.15, 0.2) is 48.5 Å². The maximum atomic E-state index is 9.14. The van der Waals surface area contributed by atoms with Gasteiger partial charge in [-0.15, -0.1) is 10.2 Å². The Kier molecular flexibility index (Phi) is 3.50. The van der Waals surface area contributed by atoms with E-state index in [1.165, 1.54) is 0 Å². The van der Waals surface area contributed by atoms with Crippen molar-refractivity contribution in [2.24, 2.45) is 0 Å². The summed E-state index contributed by atoms with van der Waals surface area (Å²) < 4.78 is 5.75. The number of aliphatic hydroxyl groups excluding tert-OH is 1. The lowest BCUT2D eigenvalue weighted by Crippen LogP contribution is -1.94. The number of hydrogen-bond donors (Lipinski definition) is 1. The predicted octanol–water partition coefficient (Wildman–Crippen LogP) is 3.57. The van der Waals surface area contributed by atoms with Gasteiger partial charge in [-0.3, -0.25) is 0 Å². The number of aromatic nitrogens is 2. The van der Waals surface area contributed by atoms with Crippen LogP contribution in [0.4, 0.5) is 0 Å². The monoisotopic (exact) mass is 286 g/mol. The van der Waals surface area contributed by atoms with Gasteiger partial charge in [0, 0.05) is 10.8 Å². The van der Waals surface area contributed by atoms with Crippen molar-refractivity contribution >= 4 is 22.4 Å². The van der Waals surface area contributed by atoms with E-state index >= 15 is 0 Å². The van der Waals surface area contributed by atoms with Gasteiger partial charge in [-0.25, -0.2) is 0 Å². The Balaban J connectivity index is 2.04. The van der Waals surface area contributed by atoms with Crippen molar-refractivity contribution in [2.45, 2.75) is 6.61 Å². The second-order valence-electron chi connectivity index (χ2n) is 4.25. The lowest BCUT2D eigenvalue weighted by atomic mass is 10.2. The van der Waals surface area contributed by atoms with Crippen molar-refractivity contribution in [1.29, 1.82) is 0 Å². The van der Waals surface area contributed by atoms with Gasteiger partial charge in [-0.05, 0) is 23.8 Å². The minimum atomic E-state index is -0.0375. The van der Waals surface area contributed by atoms with E-state index in [4.69, 9.17) is 21.4 Å². The zero-order chi connectivity index (χ0) is 13.9. The molecule has 20 heavy (non-hydrogen) atoms. The molecule has 0 radical (unpaired) electrons. The number of nitrogens with zero attached hydrogens (tertiary/aromatic N) is 2.